The van der Waals surface area contributed by atoms with Gasteiger partial charge in [-0.25, -0.2) is 4.98 Å². The molecule has 0 N–H and O–H groups in total. The summed E-state index contributed by atoms with van der Waals surface area (Å²) in [4.78, 5) is 5.17. The summed E-state index contributed by atoms with van der Waals surface area (Å²) < 4.78 is 7.04. The number of benzene rings is 3. The number of rotatable bonds is 5. The highest BCUT2D eigenvalue weighted by molar-refractivity contribution is 7.68. The molecule has 5 rings (SSSR count). The first kappa shape index (κ1) is 22.0. The van der Waals surface area contributed by atoms with Gasteiger partial charge in [-0.15, -0.1) is 0 Å². The van der Waals surface area contributed by atoms with Crippen molar-refractivity contribution in [1.29, 1.82) is 0 Å². The van der Waals surface area contributed by atoms with Gasteiger partial charge in [0.25, 0.3) is 0 Å². The molecule has 1 heterocycles. The molecule has 0 bridgehead atoms. The second kappa shape index (κ2) is 9.21. The molecule has 0 saturated carbocycles. The Kier molecular flexibility index (Phi) is 6.15. The summed E-state index contributed by atoms with van der Waals surface area (Å²) >= 11 is 0. The largest absolute Gasteiger partial charge is 0.340 e. The highest BCUT2D eigenvalue weighted by Crippen LogP contribution is 2.47. The Balaban J connectivity index is 1.56. The molecule has 0 aliphatic heterocycles. The molecule has 0 spiro atoms. The molecule has 4 aromatic rings. The van der Waals surface area contributed by atoms with Gasteiger partial charge in [-0.2, -0.15) is 0 Å². The van der Waals surface area contributed by atoms with Crippen LogP contribution in [0, 0.1) is 27.7 Å². The third-order valence-corrected chi connectivity index (χ3v) is 8.93. The monoisotopic (exact) mass is 451 g/mol. The Bertz CT molecular complexity index is 1250. The Morgan fingerprint density at radius 2 is 1.36 bits per heavy atom. The van der Waals surface area contributed by atoms with E-state index in [0.717, 1.165) is 29.8 Å². The van der Waals surface area contributed by atoms with Gasteiger partial charge in [-0.1, -0.05) is 78.4 Å². The van der Waals surface area contributed by atoms with Crippen molar-refractivity contribution in [3.63, 3.8) is 0 Å². The first-order chi connectivity index (χ1) is 16.0. The molecule has 2 nitrogen and oxygen atoms in total. The van der Waals surface area contributed by atoms with Crippen LogP contribution in [0.25, 0.3) is 11.3 Å². The minimum Gasteiger partial charge on any atom is -0.340 e. The fraction of sp³-hybridized carbons (Fsp3) is 0.233. The minimum absolute atomic E-state index is 0.00872. The summed E-state index contributed by atoms with van der Waals surface area (Å²) in [5.74, 6) is 0. The van der Waals surface area contributed by atoms with Gasteiger partial charge in [0.05, 0.1) is 19.5 Å². The third kappa shape index (κ3) is 4.38. The van der Waals surface area contributed by atoms with Gasteiger partial charge in [0.2, 0.25) is 0 Å². The van der Waals surface area contributed by atoms with E-state index in [2.05, 4.69) is 107 Å². The van der Waals surface area contributed by atoms with Crippen molar-refractivity contribution in [3.8, 4) is 11.3 Å². The second-order valence-electron chi connectivity index (χ2n) is 9.05. The van der Waals surface area contributed by atoms with Gasteiger partial charge in [0.1, 0.15) is 6.10 Å². The first-order valence-electron chi connectivity index (χ1n) is 11.7. The summed E-state index contributed by atoms with van der Waals surface area (Å²) in [6.07, 6.45) is 2.02. The molecular weight excluding hydrogens is 421 g/mol. The molecule has 3 heteroatoms. The van der Waals surface area contributed by atoms with E-state index in [1.54, 1.807) is 0 Å². The molecule has 33 heavy (non-hydrogen) atoms. The van der Waals surface area contributed by atoms with Crippen LogP contribution >= 0.6 is 8.15 Å². The van der Waals surface area contributed by atoms with Crippen LogP contribution < -0.4 is 10.6 Å². The average Bonchev–Trinajstić information content (AvgIpc) is 3.22. The zero-order chi connectivity index (χ0) is 22.9. The minimum atomic E-state index is -0.946. The molecule has 166 valence electrons. The number of aryl methyl sites for hydroxylation is 4. The van der Waals surface area contributed by atoms with E-state index in [1.165, 1.54) is 38.4 Å². The van der Waals surface area contributed by atoms with Crippen LogP contribution in [0.4, 0.5) is 0 Å². The van der Waals surface area contributed by atoms with Gasteiger partial charge >= 0.3 is 0 Å². The summed E-state index contributed by atoms with van der Waals surface area (Å²) in [5, 5.41) is 2.59. The summed E-state index contributed by atoms with van der Waals surface area (Å²) in [5.41, 5.74) is 9.83. The summed E-state index contributed by atoms with van der Waals surface area (Å²) in [6, 6.07) is 28.2. The molecule has 1 aliphatic rings. The Morgan fingerprint density at radius 3 is 1.97 bits per heavy atom. The fourth-order valence-electron chi connectivity index (χ4n) is 4.66. The number of aromatic nitrogens is 1. The van der Waals surface area contributed by atoms with E-state index in [4.69, 9.17) is 9.51 Å². The van der Waals surface area contributed by atoms with Gasteiger partial charge in [0.15, 0.2) is 0 Å². The number of hydrogen-bond acceptors (Lipinski definition) is 2. The number of nitrogens with zero attached hydrogens (tertiary/aromatic N) is 1. The predicted octanol–water partition coefficient (Wildman–Crippen LogP) is 7.03. The lowest BCUT2D eigenvalue weighted by Crippen LogP contribution is -2.19. The van der Waals surface area contributed by atoms with Crippen LogP contribution in [0.2, 0.25) is 0 Å². The van der Waals surface area contributed by atoms with Gasteiger partial charge in [-0.05, 0) is 68.9 Å². The van der Waals surface area contributed by atoms with E-state index in [9.17, 15) is 0 Å². The van der Waals surface area contributed by atoms with Crippen LogP contribution in [0.1, 0.15) is 46.0 Å². The number of pyridine rings is 1. The molecule has 0 amide bonds. The highest BCUT2D eigenvalue weighted by Gasteiger charge is 2.31. The van der Waals surface area contributed by atoms with Crippen molar-refractivity contribution < 1.29 is 4.52 Å². The zero-order valence-electron chi connectivity index (χ0n) is 19.8. The standard InChI is InChI=1S/C30H30NOP/c1-20-13-15-24(16-14-20)26-19-23(4)25-17-18-27(30(25)31-26)32-33(28-11-7-5-9-21(28)2)29-12-8-6-10-22(29)3/h5-16,19,27H,17-18H2,1-4H3/t27-/m1/s1. The second-order valence-corrected chi connectivity index (χ2v) is 10.8. The molecule has 1 aliphatic carbocycles. The summed E-state index contributed by atoms with van der Waals surface area (Å²) in [6.45, 7) is 8.71. The lowest BCUT2D eigenvalue weighted by Gasteiger charge is -2.25. The van der Waals surface area contributed by atoms with Crippen LogP contribution in [-0.4, -0.2) is 4.98 Å². The van der Waals surface area contributed by atoms with Gasteiger partial charge in [0, 0.05) is 16.2 Å². The topological polar surface area (TPSA) is 22.1 Å². The van der Waals surface area contributed by atoms with Crippen LogP contribution in [0.3, 0.4) is 0 Å². The molecule has 0 fully saturated rings. The van der Waals surface area contributed by atoms with E-state index < -0.39 is 8.15 Å². The maximum atomic E-state index is 7.04. The van der Waals surface area contributed by atoms with Crippen molar-refractivity contribution in [2.75, 3.05) is 0 Å². The highest BCUT2D eigenvalue weighted by atomic mass is 31.1. The van der Waals surface area contributed by atoms with E-state index in [-0.39, 0.29) is 6.10 Å². The van der Waals surface area contributed by atoms with E-state index in [1.807, 2.05) is 0 Å². The Labute approximate surface area is 198 Å². The van der Waals surface area contributed by atoms with Crippen molar-refractivity contribution >= 4 is 18.8 Å². The predicted molar refractivity (Wildman–Crippen MR) is 140 cm³/mol. The fourth-order valence-corrected chi connectivity index (χ4v) is 6.83. The maximum Gasteiger partial charge on any atom is 0.105 e. The SMILES string of the molecule is Cc1ccc(-c2cc(C)c3c(n2)[C@H](OP(c2ccccc2C)c2ccccc2C)CC3)cc1. The van der Waals surface area contributed by atoms with Crippen LogP contribution in [-0.2, 0) is 10.9 Å². The summed E-state index contributed by atoms with van der Waals surface area (Å²) in [7, 11) is -0.946. The maximum absolute atomic E-state index is 7.04. The average molecular weight is 452 g/mol. The Hall–Kier alpha value is -2.80. The zero-order valence-corrected chi connectivity index (χ0v) is 20.7. The van der Waals surface area contributed by atoms with Crippen LogP contribution in [0.5, 0.6) is 0 Å². The molecular formula is C30H30NOP. The number of fused-ring (bicyclic) bond motifs is 1. The van der Waals surface area contributed by atoms with E-state index >= 15 is 0 Å². The number of hydrogen-bond donors (Lipinski definition) is 0. The van der Waals surface area contributed by atoms with Crippen molar-refractivity contribution in [3.05, 3.63) is 112 Å². The van der Waals surface area contributed by atoms with Gasteiger partial charge < -0.3 is 4.52 Å². The van der Waals surface area contributed by atoms with Gasteiger partial charge in [-0.3, -0.25) is 0 Å². The van der Waals surface area contributed by atoms with Crippen molar-refractivity contribution in [2.45, 2.75) is 46.6 Å². The van der Waals surface area contributed by atoms with Crippen molar-refractivity contribution in [1.82, 2.24) is 4.98 Å². The lowest BCUT2D eigenvalue weighted by molar-refractivity contribution is 0.234. The Morgan fingerprint density at radius 1 is 0.758 bits per heavy atom. The molecule has 1 aromatic heterocycles. The van der Waals surface area contributed by atoms with Crippen LogP contribution in [0.15, 0.2) is 78.9 Å². The van der Waals surface area contributed by atoms with Crippen molar-refractivity contribution in [2.24, 2.45) is 0 Å². The quantitative estimate of drug-likeness (QED) is 0.304. The normalized spacial score (nSPS) is 15.1. The molecule has 3 aromatic carbocycles. The smallest absolute Gasteiger partial charge is 0.105 e. The lowest BCUT2D eigenvalue weighted by atomic mass is 10.0. The molecule has 1 atom stereocenters. The van der Waals surface area contributed by atoms with E-state index in [0.29, 0.717) is 0 Å². The third-order valence-electron chi connectivity index (χ3n) is 6.59. The molecule has 0 unspecified atom stereocenters. The first-order valence-corrected chi connectivity index (χ1v) is 12.9. The molecule has 0 radical (unpaired) electrons. The molecule has 0 saturated heterocycles.